The maximum Gasteiger partial charge on any atom is 0.133 e. The normalized spacial score (nSPS) is 45.8. The lowest BCUT2D eigenvalue weighted by Crippen LogP contribution is -2.64. The summed E-state index contributed by atoms with van der Waals surface area (Å²) in [5.41, 5.74) is 5.06. The number of hydrogen-bond donors (Lipinski definition) is 3. The third-order valence-electron chi connectivity index (χ3n) is 5.84. The number of methoxy groups -OCH3 is 1. The monoisotopic (exact) mass is 359 g/mol. The van der Waals surface area contributed by atoms with Crippen LogP contribution in [-0.4, -0.2) is 60.6 Å². The molecule has 138 valence electrons. The third-order valence-corrected chi connectivity index (χ3v) is 6.23. The number of halogens is 1. The molecule has 0 aromatic heterocycles. The SMILES string of the molecule is CCCOC1CNC(OC)C(C2(O)C(N)=NC3CCC(Cl)CC32)C1. The van der Waals surface area contributed by atoms with Gasteiger partial charge in [-0.15, -0.1) is 11.6 Å². The van der Waals surface area contributed by atoms with E-state index in [1.165, 1.54) is 0 Å². The predicted molar refractivity (Wildman–Crippen MR) is 94.3 cm³/mol. The number of nitrogens with zero attached hydrogens (tertiary/aromatic N) is 1. The van der Waals surface area contributed by atoms with Crippen LogP contribution in [0.4, 0.5) is 0 Å². The minimum Gasteiger partial charge on any atom is -0.385 e. The second kappa shape index (κ2) is 7.46. The molecule has 7 unspecified atom stereocenters. The second-order valence-electron chi connectivity index (χ2n) is 7.32. The Balaban J connectivity index is 1.83. The van der Waals surface area contributed by atoms with Gasteiger partial charge in [0.15, 0.2) is 0 Å². The average molecular weight is 360 g/mol. The van der Waals surface area contributed by atoms with E-state index in [1.54, 1.807) is 7.11 Å². The number of fused-ring (bicyclic) bond motifs is 1. The van der Waals surface area contributed by atoms with Crippen LogP contribution < -0.4 is 11.1 Å². The molecule has 6 nitrogen and oxygen atoms in total. The molecular formula is C17H30ClN3O3. The van der Waals surface area contributed by atoms with Crippen molar-refractivity contribution in [2.75, 3.05) is 20.3 Å². The molecule has 7 atom stereocenters. The minimum atomic E-state index is -1.18. The fraction of sp³-hybridized carbons (Fsp3) is 0.941. The van der Waals surface area contributed by atoms with Crippen molar-refractivity contribution in [3.63, 3.8) is 0 Å². The molecule has 1 saturated heterocycles. The molecule has 1 saturated carbocycles. The second-order valence-corrected chi connectivity index (χ2v) is 7.94. The van der Waals surface area contributed by atoms with Gasteiger partial charge in [-0.3, -0.25) is 10.3 Å². The van der Waals surface area contributed by atoms with Gasteiger partial charge in [0.25, 0.3) is 0 Å². The Labute approximate surface area is 149 Å². The number of nitrogens with one attached hydrogen (secondary N) is 1. The highest BCUT2D eigenvalue weighted by Gasteiger charge is 2.59. The molecule has 0 radical (unpaired) electrons. The summed E-state index contributed by atoms with van der Waals surface area (Å²) in [7, 11) is 1.66. The highest BCUT2D eigenvalue weighted by molar-refractivity contribution is 6.20. The first-order chi connectivity index (χ1) is 11.5. The number of piperidine rings is 1. The van der Waals surface area contributed by atoms with Crippen molar-refractivity contribution in [1.82, 2.24) is 5.32 Å². The van der Waals surface area contributed by atoms with Crippen LogP contribution in [0.5, 0.6) is 0 Å². The van der Waals surface area contributed by atoms with Crippen molar-refractivity contribution in [3.05, 3.63) is 0 Å². The molecule has 1 aliphatic carbocycles. The van der Waals surface area contributed by atoms with E-state index in [0.717, 1.165) is 25.7 Å². The smallest absolute Gasteiger partial charge is 0.133 e. The van der Waals surface area contributed by atoms with Crippen molar-refractivity contribution in [2.45, 2.75) is 68.4 Å². The van der Waals surface area contributed by atoms with Gasteiger partial charge in [-0.25, -0.2) is 0 Å². The van der Waals surface area contributed by atoms with Crippen molar-refractivity contribution >= 4 is 17.4 Å². The van der Waals surface area contributed by atoms with E-state index in [1.807, 2.05) is 0 Å². The van der Waals surface area contributed by atoms with Gasteiger partial charge in [-0.05, 0) is 32.1 Å². The molecule has 2 heterocycles. The summed E-state index contributed by atoms with van der Waals surface area (Å²) in [5.74, 6) is 0.107. The fourth-order valence-corrected chi connectivity index (χ4v) is 4.94. The molecular weight excluding hydrogens is 330 g/mol. The lowest BCUT2D eigenvalue weighted by molar-refractivity contribution is -0.129. The maximum absolute atomic E-state index is 11.7. The van der Waals surface area contributed by atoms with Crippen LogP contribution in [0.15, 0.2) is 4.99 Å². The van der Waals surface area contributed by atoms with Crippen LogP contribution in [0.1, 0.15) is 39.0 Å². The van der Waals surface area contributed by atoms with Gasteiger partial charge in [-0.1, -0.05) is 6.92 Å². The molecule has 4 N–H and O–H groups in total. The minimum absolute atomic E-state index is 0.0388. The molecule has 24 heavy (non-hydrogen) atoms. The number of aliphatic hydroxyl groups is 1. The van der Waals surface area contributed by atoms with Gasteiger partial charge in [-0.2, -0.15) is 0 Å². The van der Waals surface area contributed by atoms with Gasteiger partial charge < -0.3 is 20.3 Å². The summed E-state index contributed by atoms with van der Waals surface area (Å²) in [6.45, 7) is 3.52. The van der Waals surface area contributed by atoms with E-state index < -0.39 is 5.60 Å². The van der Waals surface area contributed by atoms with E-state index in [0.29, 0.717) is 25.4 Å². The number of rotatable bonds is 5. The molecule has 0 aromatic rings. The molecule has 0 amide bonds. The number of hydrogen-bond acceptors (Lipinski definition) is 6. The van der Waals surface area contributed by atoms with Crippen LogP contribution in [0, 0.1) is 11.8 Å². The van der Waals surface area contributed by atoms with Gasteiger partial charge in [0.1, 0.15) is 17.7 Å². The molecule has 0 spiro atoms. The Hall–Kier alpha value is -0.400. The van der Waals surface area contributed by atoms with Crippen LogP contribution in [0.25, 0.3) is 0 Å². The number of alkyl halides is 1. The Morgan fingerprint density at radius 3 is 2.88 bits per heavy atom. The number of aliphatic imine (C=N–C) groups is 1. The van der Waals surface area contributed by atoms with Crippen LogP contribution in [0.3, 0.4) is 0 Å². The topological polar surface area (TPSA) is 89.1 Å². The maximum atomic E-state index is 11.7. The molecule has 3 aliphatic rings. The van der Waals surface area contributed by atoms with Crippen molar-refractivity contribution in [2.24, 2.45) is 22.6 Å². The summed E-state index contributed by atoms with van der Waals surface area (Å²) >= 11 is 6.39. The predicted octanol–water partition coefficient (Wildman–Crippen LogP) is 1.24. The van der Waals surface area contributed by atoms with Crippen LogP contribution in [0.2, 0.25) is 0 Å². The Morgan fingerprint density at radius 2 is 2.17 bits per heavy atom. The highest BCUT2D eigenvalue weighted by atomic mass is 35.5. The van der Waals surface area contributed by atoms with Crippen LogP contribution >= 0.6 is 11.6 Å². The summed E-state index contributed by atoms with van der Waals surface area (Å²) < 4.78 is 11.5. The lowest BCUT2D eigenvalue weighted by atomic mass is 9.67. The number of nitrogens with two attached hydrogens (primary N) is 1. The summed E-state index contributed by atoms with van der Waals surface area (Å²) in [4.78, 5) is 4.59. The van der Waals surface area contributed by atoms with E-state index in [9.17, 15) is 5.11 Å². The zero-order valence-corrected chi connectivity index (χ0v) is 15.3. The number of amidine groups is 1. The van der Waals surface area contributed by atoms with E-state index >= 15 is 0 Å². The Morgan fingerprint density at radius 1 is 1.38 bits per heavy atom. The van der Waals surface area contributed by atoms with Crippen LogP contribution in [-0.2, 0) is 9.47 Å². The first kappa shape index (κ1) is 18.4. The first-order valence-electron chi connectivity index (χ1n) is 9.08. The molecule has 0 aromatic carbocycles. The number of ether oxygens (including phenoxy) is 2. The lowest BCUT2D eigenvalue weighted by Gasteiger charge is -2.47. The van der Waals surface area contributed by atoms with Gasteiger partial charge in [0.05, 0.1) is 12.1 Å². The zero-order chi connectivity index (χ0) is 17.3. The van der Waals surface area contributed by atoms with Crippen molar-refractivity contribution in [3.8, 4) is 0 Å². The highest BCUT2D eigenvalue weighted by Crippen LogP contribution is 2.47. The standard InChI is InChI=1S/C17H30ClN3O3/c1-3-6-24-11-8-13(15(23-2)20-9-11)17(22)12-7-10(18)4-5-14(12)21-16(17)19/h10-15,20,22H,3-9H2,1-2H3,(H2,19,21). The molecule has 0 bridgehead atoms. The van der Waals surface area contributed by atoms with Crippen molar-refractivity contribution in [1.29, 1.82) is 0 Å². The molecule has 7 heteroatoms. The van der Waals surface area contributed by atoms with E-state index in [2.05, 4.69) is 17.2 Å². The quantitative estimate of drug-likeness (QED) is 0.643. The fourth-order valence-electron chi connectivity index (χ4n) is 4.62. The van der Waals surface area contributed by atoms with E-state index in [4.69, 9.17) is 26.8 Å². The molecule has 2 fully saturated rings. The van der Waals surface area contributed by atoms with Crippen molar-refractivity contribution < 1.29 is 14.6 Å². The van der Waals surface area contributed by atoms with Gasteiger partial charge >= 0.3 is 0 Å². The summed E-state index contributed by atoms with van der Waals surface area (Å²) in [6, 6.07) is 0.0689. The molecule has 2 aliphatic heterocycles. The zero-order valence-electron chi connectivity index (χ0n) is 14.6. The molecule has 3 rings (SSSR count). The summed E-state index contributed by atoms with van der Waals surface area (Å²) in [6.07, 6.45) is 4.01. The first-order valence-corrected chi connectivity index (χ1v) is 9.52. The largest absolute Gasteiger partial charge is 0.385 e. The average Bonchev–Trinajstić information content (AvgIpc) is 2.84. The van der Waals surface area contributed by atoms with E-state index in [-0.39, 0.29) is 35.6 Å². The third kappa shape index (κ3) is 3.19. The Bertz CT molecular complexity index is 478. The van der Waals surface area contributed by atoms with Gasteiger partial charge in [0, 0.05) is 37.5 Å². The van der Waals surface area contributed by atoms with Gasteiger partial charge in [0.2, 0.25) is 0 Å². The summed E-state index contributed by atoms with van der Waals surface area (Å²) in [5, 5.41) is 15.1. The Kier molecular flexibility index (Phi) is 5.72.